The molecular formula is C21H29ClF3N7O3. The van der Waals surface area contributed by atoms with Gasteiger partial charge in [0.15, 0.2) is 5.92 Å². The summed E-state index contributed by atoms with van der Waals surface area (Å²) in [5, 5.41) is 3.30. The Kier molecular flexibility index (Phi) is 7.99. The summed E-state index contributed by atoms with van der Waals surface area (Å²) in [6, 6.07) is -1.52. The molecule has 3 aliphatic heterocycles. The zero-order valence-electron chi connectivity index (χ0n) is 19.2. The number of amides is 2. The minimum atomic E-state index is -4.67. The van der Waals surface area contributed by atoms with Crippen molar-refractivity contribution in [3.8, 4) is 0 Å². The number of nitrogens with one attached hydrogen (secondary N) is 3. The average molecular weight is 520 g/mol. The number of rotatable bonds is 7. The van der Waals surface area contributed by atoms with E-state index in [2.05, 4.69) is 25.6 Å². The topological polar surface area (TPSA) is 112 Å². The van der Waals surface area contributed by atoms with Crippen LogP contribution in [0.15, 0.2) is 12.4 Å². The van der Waals surface area contributed by atoms with Crippen molar-refractivity contribution in [2.45, 2.75) is 56.6 Å². The lowest BCUT2D eigenvalue weighted by atomic mass is 9.96. The number of piperidine rings is 1. The summed E-state index contributed by atoms with van der Waals surface area (Å²) in [5.41, 5.74) is 4.50. The van der Waals surface area contributed by atoms with Gasteiger partial charge in [0.05, 0.1) is 24.0 Å². The van der Waals surface area contributed by atoms with Crippen molar-refractivity contribution in [1.29, 1.82) is 0 Å². The van der Waals surface area contributed by atoms with Crippen LogP contribution in [0.4, 0.5) is 19.1 Å². The van der Waals surface area contributed by atoms with Crippen molar-refractivity contribution in [3.63, 3.8) is 0 Å². The second-order valence-corrected chi connectivity index (χ2v) is 9.56. The minimum Gasteiger partial charge on any atom is -0.367 e. The summed E-state index contributed by atoms with van der Waals surface area (Å²) >= 11 is 5.85. The van der Waals surface area contributed by atoms with Crippen molar-refractivity contribution < 1.29 is 27.5 Å². The monoisotopic (exact) mass is 519 g/mol. The molecule has 0 aromatic carbocycles. The van der Waals surface area contributed by atoms with Crippen molar-refractivity contribution in [3.05, 3.63) is 17.4 Å². The van der Waals surface area contributed by atoms with Crippen molar-refractivity contribution in [2.75, 3.05) is 37.7 Å². The van der Waals surface area contributed by atoms with E-state index in [-0.39, 0.29) is 25.1 Å². The molecule has 3 N–H and O–H groups in total. The van der Waals surface area contributed by atoms with Crippen LogP contribution in [0.3, 0.4) is 0 Å². The minimum absolute atomic E-state index is 0.0549. The van der Waals surface area contributed by atoms with Gasteiger partial charge in [-0.15, -0.1) is 0 Å². The lowest BCUT2D eigenvalue weighted by Gasteiger charge is -2.36. The van der Waals surface area contributed by atoms with E-state index in [1.165, 1.54) is 0 Å². The first-order valence-corrected chi connectivity index (χ1v) is 12.0. The molecule has 0 saturated carbocycles. The molecule has 35 heavy (non-hydrogen) atoms. The van der Waals surface area contributed by atoms with Crippen LogP contribution in [0.1, 0.15) is 26.2 Å². The van der Waals surface area contributed by atoms with E-state index in [0.717, 1.165) is 12.8 Å². The third kappa shape index (κ3) is 6.13. The second kappa shape index (κ2) is 10.8. The van der Waals surface area contributed by atoms with Crippen LogP contribution in [-0.4, -0.2) is 89.9 Å². The number of likely N-dealkylation sites (tertiary alicyclic amines) is 1. The van der Waals surface area contributed by atoms with Crippen LogP contribution < -0.4 is 21.1 Å². The molecule has 14 heteroatoms. The number of hydrogen-bond acceptors (Lipinski definition) is 8. The van der Waals surface area contributed by atoms with Gasteiger partial charge in [-0.2, -0.15) is 13.2 Å². The maximum absolute atomic E-state index is 13.3. The van der Waals surface area contributed by atoms with Crippen LogP contribution in [0.5, 0.6) is 0 Å². The number of carbonyl (C=O) groups is 2. The summed E-state index contributed by atoms with van der Waals surface area (Å²) in [7, 11) is 0. The van der Waals surface area contributed by atoms with Gasteiger partial charge >= 0.3 is 6.18 Å². The molecule has 3 saturated heterocycles. The normalized spacial score (nSPS) is 27.3. The SMILES string of the molecule is C[C@@H](CO[C@@H]1CCN(C2CCN(c3ncc(Cl)cn3)CC2)C1=O)NC1CNNC(=O)C1C(F)(F)F. The maximum Gasteiger partial charge on any atom is 0.402 e. The number of anilines is 1. The van der Waals surface area contributed by atoms with E-state index in [9.17, 15) is 22.8 Å². The van der Waals surface area contributed by atoms with Crippen LogP contribution in [0, 0.1) is 5.92 Å². The zero-order valence-corrected chi connectivity index (χ0v) is 20.0. The van der Waals surface area contributed by atoms with Gasteiger partial charge in [0.2, 0.25) is 11.9 Å². The molecule has 2 unspecified atom stereocenters. The van der Waals surface area contributed by atoms with E-state index in [1.54, 1.807) is 19.3 Å². The van der Waals surface area contributed by atoms with E-state index >= 15 is 0 Å². The standard InChI is InChI=1S/C21H29ClF3N7O3/c1-12(29-15-10-28-30-18(33)17(15)21(23,24)25)11-35-16-4-7-32(19(16)34)14-2-5-31(6-3-14)20-26-8-13(22)9-27-20/h8-9,12,14-17,28-29H,2-7,10-11H2,1H3,(H,30,33)/t12-,15?,16+,17?/m0/s1. The second-order valence-electron chi connectivity index (χ2n) is 9.13. The third-order valence-corrected chi connectivity index (χ3v) is 6.80. The van der Waals surface area contributed by atoms with E-state index in [1.807, 2.05) is 10.3 Å². The molecule has 4 rings (SSSR count). The molecule has 2 amide bonds. The number of alkyl halides is 3. The van der Waals surface area contributed by atoms with Crippen LogP contribution >= 0.6 is 11.6 Å². The van der Waals surface area contributed by atoms with Gasteiger partial charge in [0, 0.05) is 50.7 Å². The van der Waals surface area contributed by atoms with Gasteiger partial charge in [-0.25, -0.2) is 15.4 Å². The van der Waals surface area contributed by atoms with Gasteiger partial charge in [-0.05, 0) is 19.8 Å². The molecule has 0 aliphatic carbocycles. The molecule has 0 bridgehead atoms. The molecule has 4 heterocycles. The summed E-state index contributed by atoms with van der Waals surface area (Å²) in [6.45, 7) is 3.66. The average Bonchev–Trinajstić information content (AvgIpc) is 3.18. The summed E-state index contributed by atoms with van der Waals surface area (Å²) in [4.78, 5) is 37.0. The Bertz CT molecular complexity index is 899. The number of carbonyl (C=O) groups excluding carboxylic acids is 2. The molecule has 0 radical (unpaired) electrons. The Morgan fingerprint density at radius 3 is 2.54 bits per heavy atom. The highest BCUT2D eigenvalue weighted by Gasteiger charge is 2.51. The fourth-order valence-corrected chi connectivity index (χ4v) is 4.97. The van der Waals surface area contributed by atoms with Crippen LogP contribution in [0.2, 0.25) is 5.02 Å². The fraction of sp³-hybridized carbons (Fsp3) is 0.714. The molecule has 10 nitrogen and oxygen atoms in total. The Labute approximate surface area is 205 Å². The zero-order chi connectivity index (χ0) is 25.2. The summed E-state index contributed by atoms with van der Waals surface area (Å²) in [6.07, 6.45) is -0.0911. The van der Waals surface area contributed by atoms with Crippen LogP contribution in [-0.2, 0) is 14.3 Å². The van der Waals surface area contributed by atoms with Crippen molar-refractivity contribution in [1.82, 2.24) is 31.0 Å². The quantitative estimate of drug-likeness (QED) is 0.487. The van der Waals surface area contributed by atoms with Crippen molar-refractivity contribution >= 4 is 29.4 Å². The summed E-state index contributed by atoms with van der Waals surface area (Å²) in [5.74, 6) is -2.75. The van der Waals surface area contributed by atoms with Crippen LogP contribution in [0.25, 0.3) is 0 Å². The molecular weight excluding hydrogens is 491 g/mol. The van der Waals surface area contributed by atoms with Gasteiger partial charge in [0.25, 0.3) is 5.91 Å². The highest BCUT2D eigenvalue weighted by atomic mass is 35.5. The number of halogens is 4. The number of aromatic nitrogens is 2. The number of hydrazine groups is 1. The lowest BCUT2D eigenvalue weighted by Crippen LogP contribution is -2.65. The van der Waals surface area contributed by atoms with E-state index < -0.39 is 36.2 Å². The van der Waals surface area contributed by atoms with Gasteiger partial charge < -0.3 is 19.9 Å². The first-order valence-electron chi connectivity index (χ1n) is 11.6. The lowest BCUT2D eigenvalue weighted by molar-refractivity contribution is -0.193. The predicted molar refractivity (Wildman–Crippen MR) is 120 cm³/mol. The highest BCUT2D eigenvalue weighted by Crippen LogP contribution is 2.30. The Hall–Kier alpha value is -2.22. The smallest absolute Gasteiger partial charge is 0.367 e. The first kappa shape index (κ1) is 25.9. The molecule has 4 atom stereocenters. The molecule has 1 aromatic heterocycles. The van der Waals surface area contributed by atoms with Crippen molar-refractivity contribution in [2.24, 2.45) is 5.92 Å². The number of hydrogen-bond donors (Lipinski definition) is 3. The first-order chi connectivity index (χ1) is 16.6. The van der Waals surface area contributed by atoms with Gasteiger partial charge in [0.1, 0.15) is 6.10 Å². The number of nitrogens with zero attached hydrogens (tertiary/aromatic N) is 4. The predicted octanol–water partition coefficient (Wildman–Crippen LogP) is 0.876. The van der Waals surface area contributed by atoms with E-state index in [0.29, 0.717) is 37.0 Å². The molecule has 194 valence electrons. The molecule has 3 fully saturated rings. The third-order valence-electron chi connectivity index (χ3n) is 6.60. The Morgan fingerprint density at radius 2 is 1.89 bits per heavy atom. The molecule has 1 aromatic rings. The Balaban J connectivity index is 1.23. The summed E-state index contributed by atoms with van der Waals surface area (Å²) < 4.78 is 45.7. The maximum atomic E-state index is 13.3. The van der Waals surface area contributed by atoms with Gasteiger partial charge in [-0.1, -0.05) is 11.6 Å². The molecule has 0 spiro atoms. The van der Waals surface area contributed by atoms with Gasteiger partial charge in [-0.3, -0.25) is 15.0 Å². The highest BCUT2D eigenvalue weighted by molar-refractivity contribution is 6.30. The van der Waals surface area contributed by atoms with E-state index in [4.69, 9.17) is 16.3 Å². The molecule has 3 aliphatic rings. The largest absolute Gasteiger partial charge is 0.402 e. The number of ether oxygens (including phenoxy) is 1. The Morgan fingerprint density at radius 1 is 1.20 bits per heavy atom. The fourth-order valence-electron chi connectivity index (χ4n) is 4.87.